The van der Waals surface area contributed by atoms with Gasteiger partial charge in [-0.05, 0) is 30.7 Å². The Hall–Kier alpha value is -1.94. The Morgan fingerprint density at radius 3 is 2.60 bits per heavy atom. The first-order chi connectivity index (χ1) is 9.61. The van der Waals surface area contributed by atoms with Crippen molar-refractivity contribution in [3.05, 3.63) is 65.5 Å². The maximum atomic E-state index is 13.3. The zero-order valence-corrected chi connectivity index (χ0v) is 12.2. The molecule has 0 radical (unpaired) electrons. The number of nitrogens with two attached hydrogens (primary N) is 1. The van der Waals surface area contributed by atoms with Gasteiger partial charge in [-0.1, -0.05) is 42.5 Å². The van der Waals surface area contributed by atoms with E-state index in [2.05, 4.69) is 4.90 Å². The van der Waals surface area contributed by atoms with Crippen LogP contribution in [0.25, 0.3) is 0 Å². The summed E-state index contributed by atoms with van der Waals surface area (Å²) in [5.74, 6) is -0.233. The molecule has 104 valence electrons. The first-order valence-electron chi connectivity index (χ1n) is 6.50. The van der Waals surface area contributed by atoms with Gasteiger partial charge < -0.3 is 10.6 Å². The van der Waals surface area contributed by atoms with Gasteiger partial charge in [-0.2, -0.15) is 0 Å². The highest BCUT2D eigenvalue weighted by molar-refractivity contribution is 7.80. The first-order valence-corrected chi connectivity index (χ1v) is 6.91. The van der Waals surface area contributed by atoms with Crippen LogP contribution >= 0.6 is 12.2 Å². The van der Waals surface area contributed by atoms with Crippen molar-refractivity contribution in [3.63, 3.8) is 0 Å². The largest absolute Gasteiger partial charge is 0.389 e. The molecule has 20 heavy (non-hydrogen) atoms. The van der Waals surface area contributed by atoms with Crippen LogP contribution in [0.4, 0.5) is 10.1 Å². The van der Waals surface area contributed by atoms with E-state index in [0.717, 1.165) is 23.4 Å². The SMILES string of the molecule is CCN(Cc1ccccc1C(N)=S)c1cccc(F)c1. The molecule has 0 amide bonds. The molecule has 2 rings (SSSR count). The fourth-order valence-electron chi connectivity index (χ4n) is 2.16. The van der Waals surface area contributed by atoms with Crippen LogP contribution in [0.1, 0.15) is 18.1 Å². The summed E-state index contributed by atoms with van der Waals surface area (Å²) in [5, 5.41) is 0. The smallest absolute Gasteiger partial charge is 0.125 e. The molecule has 0 fully saturated rings. The Kier molecular flexibility index (Phi) is 4.69. The van der Waals surface area contributed by atoms with Gasteiger partial charge in [-0.25, -0.2) is 4.39 Å². The van der Waals surface area contributed by atoms with Crippen molar-refractivity contribution in [2.24, 2.45) is 5.73 Å². The summed E-state index contributed by atoms with van der Waals surface area (Å²) in [6, 6.07) is 14.4. The molecule has 2 N–H and O–H groups in total. The Balaban J connectivity index is 2.29. The van der Waals surface area contributed by atoms with E-state index < -0.39 is 0 Å². The molecule has 0 saturated carbocycles. The minimum atomic E-state index is -0.233. The molecule has 0 heterocycles. The molecule has 2 nitrogen and oxygen atoms in total. The maximum absolute atomic E-state index is 13.3. The van der Waals surface area contributed by atoms with Crippen LogP contribution in [0, 0.1) is 5.82 Å². The lowest BCUT2D eigenvalue weighted by Gasteiger charge is -2.24. The van der Waals surface area contributed by atoms with E-state index in [1.165, 1.54) is 12.1 Å². The molecular formula is C16H17FN2S. The van der Waals surface area contributed by atoms with Gasteiger partial charge in [-0.3, -0.25) is 0 Å². The third kappa shape index (κ3) is 3.33. The summed E-state index contributed by atoms with van der Waals surface area (Å²) < 4.78 is 13.3. The molecule has 0 unspecified atom stereocenters. The second-order valence-electron chi connectivity index (χ2n) is 4.52. The number of rotatable bonds is 5. The Bertz CT molecular complexity index is 613. The molecular weight excluding hydrogens is 271 g/mol. The van der Waals surface area contributed by atoms with Gasteiger partial charge in [0, 0.05) is 24.3 Å². The zero-order chi connectivity index (χ0) is 14.5. The quantitative estimate of drug-likeness (QED) is 0.854. The van der Waals surface area contributed by atoms with Crippen molar-refractivity contribution in [1.29, 1.82) is 0 Å². The van der Waals surface area contributed by atoms with E-state index in [0.29, 0.717) is 11.5 Å². The third-order valence-electron chi connectivity index (χ3n) is 3.20. The van der Waals surface area contributed by atoms with Crippen LogP contribution in [0.2, 0.25) is 0 Å². The molecule has 0 aliphatic carbocycles. The van der Waals surface area contributed by atoms with Crippen LogP contribution in [-0.4, -0.2) is 11.5 Å². The minimum Gasteiger partial charge on any atom is -0.389 e. The van der Waals surface area contributed by atoms with E-state index in [1.54, 1.807) is 6.07 Å². The molecule has 0 aromatic heterocycles. The van der Waals surface area contributed by atoms with Crippen molar-refractivity contribution >= 4 is 22.9 Å². The van der Waals surface area contributed by atoms with Gasteiger partial charge in [0.25, 0.3) is 0 Å². The second kappa shape index (κ2) is 6.48. The molecule has 0 aliphatic rings. The van der Waals surface area contributed by atoms with E-state index in [-0.39, 0.29) is 5.82 Å². The van der Waals surface area contributed by atoms with Crippen molar-refractivity contribution in [2.75, 3.05) is 11.4 Å². The predicted molar refractivity (Wildman–Crippen MR) is 85.5 cm³/mol. The van der Waals surface area contributed by atoms with E-state index in [9.17, 15) is 4.39 Å². The monoisotopic (exact) mass is 288 g/mol. The number of hydrogen-bond acceptors (Lipinski definition) is 2. The highest BCUT2D eigenvalue weighted by Gasteiger charge is 2.10. The Morgan fingerprint density at radius 1 is 1.20 bits per heavy atom. The molecule has 0 aliphatic heterocycles. The lowest BCUT2D eigenvalue weighted by molar-refractivity contribution is 0.626. The van der Waals surface area contributed by atoms with Gasteiger partial charge in [0.1, 0.15) is 10.8 Å². The number of halogens is 1. The number of nitrogens with zero attached hydrogens (tertiary/aromatic N) is 1. The van der Waals surface area contributed by atoms with Gasteiger partial charge >= 0.3 is 0 Å². The number of benzene rings is 2. The molecule has 2 aromatic rings. The summed E-state index contributed by atoms with van der Waals surface area (Å²) in [7, 11) is 0. The summed E-state index contributed by atoms with van der Waals surface area (Å²) >= 11 is 5.08. The van der Waals surface area contributed by atoms with E-state index >= 15 is 0 Å². The zero-order valence-electron chi connectivity index (χ0n) is 11.3. The van der Waals surface area contributed by atoms with E-state index in [1.807, 2.05) is 37.3 Å². The van der Waals surface area contributed by atoms with Crippen molar-refractivity contribution in [3.8, 4) is 0 Å². The van der Waals surface area contributed by atoms with Gasteiger partial charge in [0.2, 0.25) is 0 Å². The molecule has 0 saturated heterocycles. The normalized spacial score (nSPS) is 10.3. The van der Waals surface area contributed by atoms with Crippen molar-refractivity contribution < 1.29 is 4.39 Å². The first kappa shape index (κ1) is 14.5. The predicted octanol–water partition coefficient (Wildman–Crippen LogP) is 3.49. The van der Waals surface area contributed by atoms with Crippen molar-refractivity contribution in [1.82, 2.24) is 0 Å². The Labute approximate surface area is 124 Å². The second-order valence-corrected chi connectivity index (χ2v) is 4.96. The number of hydrogen-bond donors (Lipinski definition) is 1. The van der Waals surface area contributed by atoms with Crippen LogP contribution in [0.15, 0.2) is 48.5 Å². The highest BCUT2D eigenvalue weighted by atomic mass is 32.1. The fourth-order valence-corrected chi connectivity index (χ4v) is 2.36. The standard InChI is InChI=1S/C16H17FN2S/c1-2-19(14-8-5-7-13(17)10-14)11-12-6-3-4-9-15(12)16(18)20/h3-10H,2,11H2,1H3,(H2,18,20). The summed E-state index contributed by atoms with van der Waals surface area (Å²) in [6.45, 7) is 3.46. The van der Waals surface area contributed by atoms with Crippen LogP contribution in [0.5, 0.6) is 0 Å². The van der Waals surface area contributed by atoms with E-state index in [4.69, 9.17) is 18.0 Å². The minimum absolute atomic E-state index is 0.233. The summed E-state index contributed by atoms with van der Waals surface area (Å²) in [5.41, 5.74) is 8.52. The third-order valence-corrected chi connectivity index (χ3v) is 3.42. The number of thiocarbonyl (C=S) groups is 1. The lowest BCUT2D eigenvalue weighted by Crippen LogP contribution is -2.24. The molecule has 4 heteroatoms. The van der Waals surface area contributed by atoms with Gasteiger partial charge in [-0.15, -0.1) is 0 Å². The molecule has 0 bridgehead atoms. The van der Waals surface area contributed by atoms with Crippen LogP contribution in [0.3, 0.4) is 0 Å². The lowest BCUT2D eigenvalue weighted by atomic mass is 10.1. The van der Waals surface area contributed by atoms with Crippen LogP contribution in [-0.2, 0) is 6.54 Å². The fraction of sp³-hybridized carbons (Fsp3) is 0.188. The average molecular weight is 288 g/mol. The Morgan fingerprint density at radius 2 is 1.95 bits per heavy atom. The summed E-state index contributed by atoms with van der Waals surface area (Å²) in [4.78, 5) is 2.47. The molecule has 0 spiro atoms. The topological polar surface area (TPSA) is 29.3 Å². The summed E-state index contributed by atoms with van der Waals surface area (Å²) in [6.07, 6.45) is 0. The van der Waals surface area contributed by atoms with Crippen LogP contribution < -0.4 is 10.6 Å². The van der Waals surface area contributed by atoms with Gasteiger partial charge in [0.15, 0.2) is 0 Å². The van der Waals surface area contributed by atoms with Crippen molar-refractivity contribution in [2.45, 2.75) is 13.5 Å². The molecule has 0 atom stereocenters. The average Bonchev–Trinajstić information content (AvgIpc) is 2.45. The van der Waals surface area contributed by atoms with Gasteiger partial charge in [0.05, 0.1) is 0 Å². The maximum Gasteiger partial charge on any atom is 0.125 e. The molecule has 2 aromatic carbocycles. The number of anilines is 1. The highest BCUT2D eigenvalue weighted by Crippen LogP contribution is 2.20.